The van der Waals surface area contributed by atoms with Gasteiger partial charge in [-0.2, -0.15) is 9.97 Å². The van der Waals surface area contributed by atoms with Gasteiger partial charge in [0.1, 0.15) is 23.2 Å². The third-order valence-corrected chi connectivity index (χ3v) is 7.44. The second kappa shape index (κ2) is 8.99. The average Bonchev–Trinajstić information content (AvgIpc) is 3.45. The zero-order valence-corrected chi connectivity index (χ0v) is 20.6. The van der Waals surface area contributed by atoms with E-state index in [0.29, 0.717) is 5.82 Å². The smallest absolute Gasteiger partial charge is 0.320 e. The van der Waals surface area contributed by atoms with E-state index in [0.717, 1.165) is 63.6 Å². The Morgan fingerprint density at radius 2 is 1.26 bits per heavy atom. The summed E-state index contributed by atoms with van der Waals surface area (Å²) in [5.41, 5.74) is 0.988. The molecule has 1 fully saturated rings. The molecule has 6 heteroatoms. The Morgan fingerprint density at radius 3 is 2.05 bits per heavy atom. The number of rotatable bonds is 4. The van der Waals surface area contributed by atoms with Crippen LogP contribution in [0.4, 0.5) is 0 Å². The van der Waals surface area contributed by atoms with Crippen LogP contribution in [-0.2, 0) is 0 Å². The Morgan fingerprint density at radius 1 is 0.605 bits per heavy atom. The number of aromatic nitrogens is 3. The molecule has 5 aromatic carbocycles. The van der Waals surface area contributed by atoms with Crippen molar-refractivity contribution >= 4 is 32.3 Å². The van der Waals surface area contributed by atoms with Gasteiger partial charge >= 0.3 is 6.01 Å². The Bertz CT molecular complexity index is 1820. The molecular formula is C32H25N3O3. The first-order chi connectivity index (χ1) is 18.7. The molecule has 0 atom stereocenters. The summed E-state index contributed by atoms with van der Waals surface area (Å²) in [6, 6.07) is 27.8. The fraction of sp³-hybridized carbons (Fsp3) is 0.156. The van der Waals surface area contributed by atoms with E-state index in [1.165, 1.54) is 12.1 Å². The summed E-state index contributed by atoms with van der Waals surface area (Å²) >= 11 is 0. The lowest BCUT2D eigenvalue weighted by Crippen LogP contribution is -2.14. The summed E-state index contributed by atoms with van der Waals surface area (Å²) in [5, 5.41) is 27.9. The highest BCUT2D eigenvalue weighted by Crippen LogP contribution is 2.40. The predicted octanol–water partition coefficient (Wildman–Crippen LogP) is 7.40. The zero-order valence-electron chi connectivity index (χ0n) is 20.6. The van der Waals surface area contributed by atoms with Gasteiger partial charge in [-0.3, -0.25) is 0 Å². The molecule has 0 amide bonds. The molecule has 186 valence electrons. The monoisotopic (exact) mass is 499 g/mol. The minimum absolute atomic E-state index is 0.0355. The number of phenols is 2. The molecule has 0 bridgehead atoms. The molecule has 0 unspecified atom stereocenters. The first kappa shape index (κ1) is 22.5. The molecule has 0 radical (unpaired) electrons. The fourth-order valence-corrected chi connectivity index (χ4v) is 5.60. The number of ether oxygens (including phenoxy) is 1. The van der Waals surface area contributed by atoms with Gasteiger partial charge in [-0.25, -0.2) is 4.98 Å². The van der Waals surface area contributed by atoms with Crippen molar-refractivity contribution in [2.75, 3.05) is 0 Å². The van der Waals surface area contributed by atoms with E-state index < -0.39 is 0 Å². The SMILES string of the molecule is Oc1cccc(O)c1-c1nc(OC2CCCC2)nc(-c2cc3c4ccccc4ccc3c3ccccc23)n1. The maximum atomic E-state index is 10.6. The standard InChI is InChI=1S/C32H25N3O3/c36-27-14-7-15-28(37)29(27)31-33-30(34-32(35-31)38-20-9-2-3-10-20)26-18-25-21-11-4-1-8-19(21)16-17-24(25)22-12-5-6-13-23(22)26/h1,4-8,11-18,20,36-37H,2-3,9-10H2. The minimum atomic E-state index is -0.108. The van der Waals surface area contributed by atoms with E-state index in [9.17, 15) is 10.2 Å². The van der Waals surface area contributed by atoms with Crippen molar-refractivity contribution in [2.24, 2.45) is 0 Å². The van der Waals surface area contributed by atoms with E-state index in [4.69, 9.17) is 14.7 Å². The van der Waals surface area contributed by atoms with Crippen LogP contribution in [0.2, 0.25) is 0 Å². The largest absolute Gasteiger partial charge is 0.507 e. The fourth-order valence-electron chi connectivity index (χ4n) is 5.60. The van der Waals surface area contributed by atoms with E-state index in [1.54, 1.807) is 6.07 Å². The third-order valence-electron chi connectivity index (χ3n) is 7.44. The number of phenolic OH excluding ortho intramolecular Hbond substituents is 2. The maximum absolute atomic E-state index is 10.6. The minimum Gasteiger partial charge on any atom is -0.507 e. The van der Waals surface area contributed by atoms with Crippen LogP contribution in [0.5, 0.6) is 17.5 Å². The highest BCUT2D eigenvalue weighted by atomic mass is 16.5. The van der Waals surface area contributed by atoms with Gasteiger partial charge in [-0.15, -0.1) is 0 Å². The number of fused-ring (bicyclic) bond motifs is 5. The normalized spacial score (nSPS) is 14.0. The molecule has 2 N–H and O–H groups in total. The van der Waals surface area contributed by atoms with Gasteiger partial charge in [0.2, 0.25) is 0 Å². The quantitative estimate of drug-likeness (QED) is 0.246. The molecule has 7 rings (SSSR count). The Hall–Kier alpha value is -4.71. The summed E-state index contributed by atoms with van der Waals surface area (Å²) in [6.07, 6.45) is 4.15. The first-order valence-electron chi connectivity index (χ1n) is 12.9. The number of hydrogen-bond donors (Lipinski definition) is 2. The van der Waals surface area contributed by atoms with Gasteiger partial charge in [0, 0.05) is 5.56 Å². The van der Waals surface area contributed by atoms with Crippen molar-refractivity contribution in [3.63, 3.8) is 0 Å². The molecule has 38 heavy (non-hydrogen) atoms. The van der Waals surface area contributed by atoms with Crippen LogP contribution in [0.15, 0.2) is 84.9 Å². The highest BCUT2D eigenvalue weighted by Gasteiger charge is 2.23. The van der Waals surface area contributed by atoms with Gasteiger partial charge in [0.15, 0.2) is 11.6 Å². The second-order valence-corrected chi connectivity index (χ2v) is 9.81. The second-order valence-electron chi connectivity index (χ2n) is 9.81. The Balaban J connectivity index is 1.52. The van der Waals surface area contributed by atoms with Crippen LogP contribution in [-0.4, -0.2) is 31.3 Å². The summed E-state index contributed by atoms with van der Waals surface area (Å²) in [7, 11) is 0. The lowest BCUT2D eigenvalue weighted by Gasteiger charge is -2.16. The van der Waals surface area contributed by atoms with E-state index >= 15 is 0 Å². The summed E-state index contributed by atoms with van der Waals surface area (Å²) in [6.45, 7) is 0. The number of hydrogen-bond acceptors (Lipinski definition) is 6. The molecule has 0 saturated heterocycles. The predicted molar refractivity (Wildman–Crippen MR) is 149 cm³/mol. The molecule has 0 spiro atoms. The van der Waals surface area contributed by atoms with Crippen LogP contribution in [0, 0.1) is 0 Å². The molecule has 1 aliphatic rings. The van der Waals surface area contributed by atoms with Crippen LogP contribution in [0.3, 0.4) is 0 Å². The van der Waals surface area contributed by atoms with Gasteiger partial charge < -0.3 is 14.9 Å². The lowest BCUT2D eigenvalue weighted by molar-refractivity contribution is 0.192. The van der Waals surface area contributed by atoms with E-state index in [2.05, 4.69) is 47.4 Å². The summed E-state index contributed by atoms with van der Waals surface area (Å²) in [5.74, 6) is 0.379. The van der Waals surface area contributed by atoms with E-state index in [1.807, 2.05) is 24.3 Å². The van der Waals surface area contributed by atoms with Crippen molar-refractivity contribution in [2.45, 2.75) is 31.8 Å². The highest BCUT2D eigenvalue weighted by molar-refractivity contribution is 6.20. The Labute approximate surface area is 219 Å². The van der Waals surface area contributed by atoms with Crippen LogP contribution >= 0.6 is 0 Å². The van der Waals surface area contributed by atoms with Crippen LogP contribution in [0.1, 0.15) is 25.7 Å². The molecule has 1 aliphatic carbocycles. The van der Waals surface area contributed by atoms with E-state index in [-0.39, 0.29) is 35.0 Å². The molecule has 6 nitrogen and oxygen atoms in total. The van der Waals surface area contributed by atoms with Gasteiger partial charge in [0.25, 0.3) is 0 Å². The first-order valence-corrected chi connectivity index (χ1v) is 12.9. The van der Waals surface area contributed by atoms with Crippen molar-refractivity contribution in [3.8, 4) is 40.3 Å². The number of aromatic hydroxyl groups is 2. The molecule has 1 saturated carbocycles. The molecule has 1 aromatic heterocycles. The van der Waals surface area contributed by atoms with Crippen LogP contribution in [0.25, 0.3) is 55.1 Å². The topological polar surface area (TPSA) is 88.4 Å². The molecular weight excluding hydrogens is 474 g/mol. The summed E-state index contributed by atoms with van der Waals surface area (Å²) < 4.78 is 6.22. The van der Waals surface area contributed by atoms with Crippen molar-refractivity contribution in [1.82, 2.24) is 15.0 Å². The van der Waals surface area contributed by atoms with Gasteiger partial charge in [-0.1, -0.05) is 66.7 Å². The zero-order chi connectivity index (χ0) is 25.6. The lowest BCUT2D eigenvalue weighted by atomic mass is 9.93. The maximum Gasteiger partial charge on any atom is 0.320 e. The van der Waals surface area contributed by atoms with Crippen molar-refractivity contribution < 1.29 is 14.9 Å². The third kappa shape index (κ3) is 3.77. The van der Waals surface area contributed by atoms with Crippen molar-refractivity contribution in [1.29, 1.82) is 0 Å². The molecule has 1 heterocycles. The number of nitrogens with zero attached hydrogens (tertiary/aromatic N) is 3. The average molecular weight is 500 g/mol. The Kier molecular flexibility index (Phi) is 5.32. The summed E-state index contributed by atoms with van der Waals surface area (Å²) in [4.78, 5) is 14.1. The van der Waals surface area contributed by atoms with Crippen molar-refractivity contribution in [3.05, 3.63) is 84.9 Å². The molecule has 6 aromatic rings. The van der Waals surface area contributed by atoms with Crippen LogP contribution < -0.4 is 4.74 Å². The molecule has 0 aliphatic heterocycles. The van der Waals surface area contributed by atoms with Gasteiger partial charge in [-0.05, 0) is 76.2 Å². The van der Waals surface area contributed by atoms with Gasteiger partial charge in [0.05, 0.1) is 0 Å². The number of benzene rings is 5.